The number of aromatic nitrogens is 2. The topological polar surface area (TPSA) is 47.0 Å². The van der Waals surface area contributed by atoms with Crippen LogP contribution >= 0.6 is 23.2 Å². The minimum Gasteiger partial charge on any atom is -0.467 e. The lowest BCUT2D eigenvalue weighted by Gasteiger charge is -2.08. The number of rotatable bonds is 5. The molecule has 1 heterocycles. The van der Waals surface area contributed by atoms with Crippen LogP contribution in [0.4, 0.5) is 5.82 Å². The molecular weight excluding hydrogens is 285 g/mol. The van der Waals surface area contributed by atoms with Gasteiger partial charge in [0.15, 0.2) is 5.82 Å². The second-order valence-electron chi connectivity index (χ2n) is 3.86. The minimum absolute atomic E-state index is 0.290. The van der Waals surface area contributed by atoms with E-state index in [0.717, 1.165) is 11.4 Å². The van der Waals surface area contributed by atoms with Crippen LogP contribution in [0.2, 0.25) is 10.0 Å². The van der Waals surface area contributed by atoms with Gasteiger partial charge in [0.05, 0.1) is 13.3 Å². The van der Waals surface area contributed by atoms with E-state index < -0.39 is 0 Å². The molecular formula is C13H13Cl2N3O. The van der Waals surface area contributed by atoms with E-state index in [0.29, 0.717) is 23.4 Å². The van der Waals surface area contributed by atoms with Gasteiger partial charge in [-0.2, -0.15) is 4.98 Å². The molecule has 0 aliphatic carbocycles. The first kappa shape index (κ1) is 13.9. The molecule has 2 rings (SSSR count). The van der Waals surface area contributed by atoms with E-state index in [1.54, 1.807) is 0 Å². The maximum atomic E-state index is 6.00. The van der Waals surface area contributed by atoms with E-state index in [2.05, 4.69) is 15.3 Å². The molecule has 2 aromatic rings. The van der Waals surface area contributed by atoms with E-state index >= 15 is 0 Å². The smallest absolute Gasteiger partial charge is 0.318 e. The maximum absolute atomic E-state index is 6.00. The molecule has 1 N–H and O–H groups in total. The van der Waals surface area contributed by atoms with Crippen molar-refractivity contribution in [2.45, 2.75) is 6.42 Å². The highest BCUT2D eigenvalue weighted by Crippen LogP contribution is 2.20. The Bertz CT molecular complexity index is 546. The summed E-state index contributed by atoms with van der Waals surface area (Å²) in [5.74, 6) is 0.572. The zero-order valence-corrected chi connectivity index (χ0v) is 11.9. The van der Waals surface area contributed by atoms with Gasteiger partial charge in [0.25, 0.3) is 0 Å². The van der Waals surface area contributed by atoms with Gasteiger partial charge in [-0.1, -0.05) is 35.3 Å². The van der Waals surface area contributed by atoms with Crippen LogP contribution in [-0.4, -0.2) is 23.6 Å². The van der Waals surface area contributed by atoms with Crippen LogP contribution in [0.15, 0.2) is 30.5 Å². The van der Waals surface area contributed by atoms with Crippen LogP contribution in [0.25, 0.3) is 0 Å². The molecule has 4 nitrogen and oxygen atoms in total. The van der Waals surface area contributed by atoms with E-state index in [1.165, 1.54) is 18.9 Å². The summed E-state index contributed by atoms with van der Waals surface area (Å²) < 4.78 is 4.95. The van der Waals surface area contributed by atoms with Crippen LogP contribution in [0.3, 0.4) is 0 Å². The fourth-order valence-electron chi connectivity index (χ4n) is 1.55. The normalized spacial score (nSPS) is 10.3. The van der Waals surface area contributed by atoms with Crippen molar-refractivity contribution < 1.29 is 4.74 Å². The van der Waals surface area contributed by atoms with Crippen molar-refractivity contribution in [2.75, 3.05) is 19.0 Å². The molecule has 0 unspecified atom stereocenters. The van der Waals surface area contributed by atoms with Gasteiger partial charge < -0.3 is 10.1 Å². The van der Waals surface area contributed by atoms with Gasteiger partial charge in [0.1, 0.15) is 5.02 Å². The van der Waals surface area contributed by atoms with Gasteiger partial charge >= 0.3 is 6.01 Å². The van der Waals surface area contributed by atoms with Gasteiger partial charge in [-0.25, -0.2) is 4.98 Å². The fourth-order valence-corrected chi connectivity index (χ4v) is 1.83. The monoisotopic (exact) mass is 297 g/mol. The predicted molar refractivity (Wildman–Crippen MR) is 77.2 cm³/mol. The van der Waals surface area contributed by atoms with Crippen molar-refractivity contribution in [3.8, 4) is 6.01 Å². The number of anilines is 1. The third kappa shape index (κ3) is 3.98. The first-order valence-corrected chi connectivity index (χ1v) is 6.49. The van der Waals surface area contributed by atoms with Gasteiger partial charge in [0, 0.05) is 11.6 Å². The van der Waals surface area contributed by atoms with Crippen molar-refractivity contribution in [1.82, 2.24) is 9.97 Å². The number of benzene rings is 1. The molecule has 0 aliphatic rings. The van der Waals surface area contributed by atoms with Gasteiger partial charge in [0.2, 0.25) is 0 Å². The van der Waals surface area contributed by atoms with Crippen molar-refractivity contribution in [2.24, 2.45) is 0 Å². The third-order valence-corrected chi connectivity index (χ3v) is 3.05. The number of nitrogens with zero attached hydrogens (tertiary/aromatic N) is 2. The number of hydrogen-bond donors (Lipinski definition) is 1. The largest absolute Gasteiger partial charge is 0.467 e. The Kier molecular flexibility index (Phi) is 4.82. The van der Waals surface area contributed by atoms with Gasteiger partial charge in [-0.3, -0.25) is 0 Å². The van der Waals surface area contributed by atoms with Crippen molar-refractivity contribution >= 4 is 29.0 Å². The first-order chi connectivity index (χ1) is 9.19. The predicted octanol–water partition coefficient (Wildman–Crippen LogP) is 3.45. The van der Waals surface area contributed by atoms with Crippen LogP contribution in [0.5, 0.6) is 6.01 Å². The molecule has 6 heteroatoms. The molecule has 0 spiro atoms. The highest BCUT2D eigenvalue weighted by molar-refractivity contribution is 6.32. The molecule has 1 aromatic heterocycles. The molecule has 0 saturated carbocycles. The van der Waals surface area contributed by atoms with E-state index in [4.69, 9.17) is 27.9 Å². The average Bonchev–Trinajstić information content (AvgIpc) is 2.43. The van der Waals surface area contributed by atoms with Crippen molar-refractivity contribution in [3.63, 3.8) is 0 Å². The lowest BCUT2D eigenvalue weighted by Crippen LogP contribution is -2.07. The quantitative estimate of drug-likeness (QED) is 0.918. The van der Waals surface area contributed by atoms with Crippen molar-refractivity contribution in [3.05, 3.63) is 46.1 Å². The summed E-state index contributed by atoms with van der Waals surface area (Å²) in [6, 6.07) is 8.02. The van der Waals surface area contributed by atoms with Crippen LogP contribution < -0.4 is 10.1 Å². The number of hydrogen-bond acceptors (Lipinski definition) is 4. The number of ether oxygens (including phenoxy) is 1. The summed E-state index contributed by atoms with van der Waals surface area (Å²) in [5.41, 5.74) is 1.19. The second-order valence-corrected chi connectivity index (χ2v) is 4.70. The van der Waals surface area contributed by atoms with E-state index in [-0.39, 0.29) is 0 Å². The van der Waals surface area contributed by atoms with E-state index in [1.807, 2.05) is 24.3 Å². The highest BCUT2D eigenvalue weighted by Gasteiger charge is 2.04. The molecule has 0 bridgehead atoms. The SMILES string of the molecule is COc1ncc(Cl)c(NCCc2ccc(Cl)cc2)n1. The second kappa shape index (κ2) is 6.59. The van der Waals surface area contributed by atoms with E-state index in [9.17, 15) is 0 Å². The summed E-state index contributed by atoms with van der Waals surface area (Å²) >= 11 is 11.8. The Labute approximate surface area is 121 Å². The van der Waals surface area contributed by atoms with Gasteiger partial charge in [-0.15, -0.1) is 0 Å². The molecule has 0 atom stereocenters. The molecule has 0 radical (unpaired) electrons. The fraction of sp³-hybridized carbons (Fsp3) is 0.231. The number of nitrogens with one attached hydrogen (secondary N) is 1. The summed E-state index contributed by atoms with van der Waals surface area (Å²) in [4.78, 5) is 8.05. The Balaban J connectivity index is 1.93. The molecule has 100 valence electrons. The zero-order valence-electron chi connectivity index (χ0n) is 10.4. The molecule has 0 saturated heterocycles. The molecule has 19 heavy (non-hydrogen) atoms. The van der Waals surface area contributed by atoms with Gasteiger partial charge in [-0.05, 0) is 24.1 Å². The summed E-state index contributed by atoms with van der Waals surface area (Å²) in [6.07, 6.45) is 2.36. The Morgan fingerprint density at radius 3 is 2.63 bits per heavy atom. The summed E-state index contributed by atoms with van der Waals surface area (Å²) in [6.45, 7) is 0.710. The first-order valence-electron chi connectivity index (χ1n) is 5.74. The lowest BCUT2D eigenvalue weighted by atomic mass is 10.1. The number of methoxy groups -OCH3 is 1. The minimum atomic E-state index is 0.290. The summed E-state index contributed by atoms with van der Waals surface area (Å²) in [5, 5.41) is 4.36. The molecule has 0 aliphatic heterocycles. The maximum Gasteiger partial charge on any atom is 0.318 e. The van der Waals surface area contributed by atoms with Crippen LogP contribution in [0, 0.1) is 0 Å². The average molecular weight is 298 g/mol. The van der Waals surface area contributed by atoms with Crippen LogP contribution in [0.1, 0.15) is 5.56 Å². The lowest BCUT2D eigenvalue weighted by molar-refractivity contribution is 0.380. The third-order valence-electron chi connectivity index (χ3n) is 2.52. The van der Waals surface area contributed by atoms with Crippen molar-refractivity contribution in [1.29, 1.82) is 0 Å². The Morgan fingerprint density at radius 2 is 1.95 bits per heavy atom. The standard InChI is InChI=1S/C13H13Cl2N3O/c1-19-13-17-8-11(15)12(18-13)16-7-6-9-2-4-10(14)5-3-9/h2-5,8H,6-7H2,1H3,(H,16,17,18). The zero-order chi connectivity index (χ0) is 13.7. The number of halogens is 2. The Morgan fingerprint density at radius 1 is 1.21 bits per heavy atom. The Hall–Kier alpha value is -1.52. The highest BCUT2D eigenvalue weighted by atomic mass is 35.5. The summed E-state index contributed by atoms with van der Waals surface area (Å²) in [7, 11) is 1.51. The molecule has 1 aromatic carbocycles. The van der Waals surface area contributed by atoms with Crippen LogP contribution in [-0.2, 0) is 6.42 Å². The molecule has 0 fully saturated rings. The molecule has 0 amide bonds.